The molecule has 0 bridgehead atoms. The Morgan fingerprint density at radius 1 is 1.62 bits per heavy atom. The molecule has 4 nitrogen and oxygen atoms in total. The van der Waals surface area contributed by atoms with E-state index in [9.17, 15) is 0 Å². The number of aliphatic hydroxyl groups excluding tert-OH is 1. The maximum Gasteiger partial charge on any atom is 0.0738 e. The van der Waals surface area contributed by atoms with E-state index >= 15 is 0 Å². The number of nitrogens with two attached hydrogens (primary N) is 1. The Bertz CT molecular complexity index is 265. The van der Waals surface area contributed by atoms with Gasteiger partial charge in [0, 0.05) is 19.3 Å². The Labute approximate surface area is 78.0 Å². The summed E-state index contributed by atoms with van der Waals surface area (Å²) in [7, 11) is 0. The highest BCUT2D eigenvalue weighted by Gasteiger charge is 2.05. The molecule has 1 aromatic rings. The predicted molar refractivity (Wildman–Crippen MR) is 53.6 cm³/mol. The molecule has 0 saturated carbocycles. The molecule has 0 radical (unpaired) electrons. The van der Waals surface area contributed by atoms with Crippen molar-refractivity contribution in [3.8, 4) is 0 Å². The summed E-state index contributed by atoms with van der Waals surface area (Å²) in [6.45, 7) is 3.59. The number of aromatic nitrogens is 1. The highest BCUT2D eigenvalue weighted by molar-refractivity contribution is 5.65. The fourth-order valence-electron chi connectivity index (χ4n) is 1.26. The molecule has 0 fully saturated rings. The van der Waals surface area contributed by atoms with Crippen LogP contribution in [0, 0.1) is 0 Å². The summed E-state index contributed by atoms with van der Waals surface area (Å²) in [6, 6.07) is 1.86. The first-order chi connectivity index (χ1) is 6.29. The lowest BCUT2D eigenvalue weighted by Gasteiger charge is -2.22. The van der Waals surface area contributed by atoms with Crippen molar-refractivity contribution >= 4 is 11.4 Å². The Kier molecular flexibility index (Phi) is 3.52. The molecule has 4 heteroatoms. The summed E-state index contributed by atoms with van der Waals surface area (Å²) >= 11 is 0. The maximum atomic E-state index is 8.82. The third kappa shape index (κ3) is 2.32. The van der Waals surface area contributed by atoms with E-state index in [0.717, 1.165) is 12.2 Å². The molecule has 0 unspecified atom stereocenters. The van der Waals surface area contributed by atoms with E-state index in [2.05, 4.69) is 4.98 Å². The predicted octanol–water partition coefficient (Wildman–Crippen LogP) is 0.482. The van der Waals surface area contributed by atoms with Gasteiger partial charge in [-0.15, -0.1) is 0 Å². The topological polar surface area (TPSA) is 62.4 Å². The van der Waals surface area contributed by atoms with E-state index in [-0.39, 0.29) is 6.61 Å². The molecule has 1 aromatic heterocycles. The van der Waals surface area contributed by atoms with Crippen molar-refractivity contribution in [2.75, 3.05) is 30.3 Å². The summed E-state index contributed by atoms with van der Waals surface area (Å²) in [5.74, 6) is 0. The number of anilines is 2. The summed E-state index contributed by atoms with van der Waals surface area (Å²) in [5.41, 5.74) is 7.33. The van der Waals surface area contributed by atoms with Crippen molar-refractivity contribution in [3.63, 3.8) is 0 Å². The van der Waals surface area contributed by atoms with Crippen molar-refractivity contribution in [2.24, 2.45) is 0 Å². The molecule has 72 valence electrons. The second-order valence-corrected chi connectivity index (χ2v) is 2.74. The van der Waals surface area contributed by atoms with Crippen LogP contribution in [0.15, 0.2) is 18.5 Å². The first kappa shape index (κ1) is 9.80. The number of pyridine rings is 1. The van der Waals surface area contributed by atoms with Crippen molar-refractivity contribution in [1.29, 1.82) is 0 Å². The molecule has 1 rings (SSSR count). The molecule has 0 aliphatic heterocycles. The summed E-state index contributed by atoms with van der Waals surface area (Å²) in [6.07, 6.45) is 3.32. The third-order valence-corrected chi connectivity index (χ3v) is 1.92. The highest BCUT2D eigenvalue weighted by atomic mass is 16.3. The largest absolute Gasteiger partial charge is 0.396 e. The van der Waals surface area contributed by atoms with Crippen LogP contribution in [0.3, 0.4) is 0 Å². The van der Waals surface area contributed by atoms with E-state index in [1.807, 2.05) is 17.9 Å². The quantitative estimate of drug-likeness (QED) is 0.709. The highest BCUT2D eigenvalue weighted by Crippen LogP contribution is 2.20. The van der Waals surface area contributed by atoms with Crippen molar-refractivity contribution < 1.29 is 5.11 Å². The third-order valence-electron chi connectivity index (χ3n) is 1.92. The van der Waals surface area contributed by atoms with Crippen LogP contribution >= 0.6 is 0 Å². The lowest BCUT2D eigenvalue weighted by atomic mass is 10.3. The Hall–Kier alpha value is -1.29. The van der Waals surface area contributed by atoms with Crippen LogP contribution in [-0.4, -0.2) is 29.8 Å². The lowest BCUT2D eigenvalue weighted by Crippen LogP contribution is -2.26. The standard InChI is InChI=1S/C9H15N3O/c1-2-12(5-6-13)9-3-4-11-7-8(9)10/h3-4,7,13H,2,5-6,10H2,1H3. The van der Waals surface area contributed by atoms with E-state index in [0.29, 0.717) is 12.2 Å². The summed E-state index contributed by atoms with van der Waals surface area (Å²) < 4.78 is 0. The SMILES string of the molecule is CCN(CCO)c1ccncc1N. The molecular formula is C9H15N3O. The number of hydrogen-bond donors (Lipinski definition) is 2. The number of aliphatic hydroxyl groups is 1. The van der Waals surface area contributed by atoms with Crippen LogP contribution in [-0.2, 0) is 0 Å². The molecule has 0 atom stereocenters. The maximum absolute atomic E-state index is 8.82. The van der Waals surface area contributed by atoms with Gasteiger partial charge < -0.3 is 15.7 Å². The molecule has 0 saturated heterocycles. The van der Waals surface area contributed by atoms with Gasteiger partial charge in [-0.25, -0.2) is 0 Å². The van der Waals surface area contributed by atoms with Gasteiger partial charge in [0.2, 0.25) is 0 Å². The smallest absolute Gasteiger partial charge is 0.0738 e. The van der Waals surface area contributed by atoms with Gasteiger partial charge in [-0.05, 0) is 13.0 Å². The van der Waals surface area contributed by atoms with Gasteiger partial charge in [0.25, 0.3) is 0 Å². The fourth-order valence-corrected chi connectivity index (χ4v) is 1.26. The van der Waals surface area contributed by atoms with Gasteiger partial charge >= 0.3 is 0 Å². The molecule has 0 amide bonds. The molecule has 13 heavy (non-hydrogen) atoms. The van der Waals surface area contributed by atoms with E-state index < -0.39 is 0 Å². The van der Waals surface area contributed by atoms with Gasteiger partial charge in [-0.1, -0.05) is 0 Å². The Balaban J connectivity index is 2.84. The molecule has 3 N–H and O–H groups in total. The van der Waals surface area contributed by atoms with Crippen LogP contribution in [0.1, 0.15) is 6.92 Å². The average Bonchev–Trinajstić information content (AvgIpc) is 2.16. The number of nitrogen functional groups attached to an aromatic ring is 1. The van der Waals surface area contributed by atoms with Crippen LogP contribution in [0.25, 0.3) is 0 Å². The van der Waals surface area contributed by atoms with E-state index in [1.165, 1.54) is 0 Å². The first-order valence-corrected chi connectivity index (χ1v) is 4.35. The zero-order chi connectivity index (χ0) is 9.68. The van der Waals surface area contributed by atoms with Gasteiger partial charge in [-0.3, -0.25) is 4.98 Å². The Morgan fingerprint density at radius 2 is 2.38 bits per heavy atom. The van der Waals surface area contributed by atoms with Gasteiger partial charge in [0.15, 0.2) is 0 Å². The monoisotopic (exact) mass is 181 g/mol. The van der Waals surface area contributed by atoms with Crippen LogP contribution < -0.4 is 10.6 Å². The van der Waals surface area contributed by atoms with Gasteiger partial charge in [0.05, 0.1) is 24.2 Å². The number of nitrogens with zero attached hydrogens (tertiary/aromatic N) is 2. The molecule has 0 spiro atoms. The first-order valence-electron chi connectivity index (χ1n) is 4.35. The van der Waals surface area contributed by atoms with Gasteiger partial charge in [-0.2, -0.15) is 0 Å². The van der Waals surface area contributed by atoms with E-state index in [4.69, 9.17) is 10.8 Å². The molecule has 1 heterocycles. The fraction of sp³-hybridized carbons (Fsp3) is 0.444. The Morgan fingerprint density at radius 3 is 2.92 bits per heavy atom. The zero-order valence-corrected chi connectivity index (χ0v) is 7.77. The van der Waals surface area contributed by atoms with Crippen LogP contribution in [0.4, 0.5) is 11.4 Å². The average molecular weight is 181 g/mol. The summed E-state index contributed by atoms with van der Waals surface area (Å²) in [5, 5.41) is 8.82. The second-order valence-electron chi connectivity index (χ2n) is 2.74. The molecule has 0 aromatic carbocycles. The van der Waals surface area contributed by atoms with E-state index in [1.54, 1.807) is 12.4 Å². The second kappa shape index (κ2) is 4.67. The van der Waals surface area contributed by atoms with Crippen molar-refractivity contribution in [2.45, 2.75) is 6.92 Å². The van der Waals surface area contributed by atoms with Crippen molar-refractivity contribution in [3.05, 3.63) is 18.5 Å². The molecule has 0 aliphatic carbocycles. The minimum absolute atomic E-state index is 0.135. The lowest BCUT2D eigenvalue weighted by molar-refractivity contribution is 0.302. The van der Waals surface area contributed by atoms with Crippen molar-refractivity contribution in [1.82, 2.24) is 4.98 Å². The normalized spacial score (nSPS) is 10.0. The molecule has 0 aliphatic rings. The minimum Gasteiger partial charge on any atom is -0.396 e. The minimum atomic E-state index is 0.135. The number of rotatable bonds is 4. The van der Waals surface area contributed by atoms with Gasteiger partial charge in [0.1, 0.15) is 0 Å². The van der Waals surface area contributed by atoms with Crippen LogP contribution in [0.5, 0.6) is 0 Å². The number of likely N-dealkylation sites (N-methyl/N-ethyl adjacent to an activating group) is 1. The zero-order valence-electron chi connectivity index (χ0n) is 7.77. The number of hydrogen-bond acceptors (Lipinski definition) is 4. The summed E-state index contributed by atoms with van der Waals surface area (Å²) in [4.78, 5) is 5.92. The molecular weight excluding hydrogens is 166 g/mol. The van der Waals surface area contributed by atoms with Crippen LogP contribution in [0.2, 0.25) is 0 Å².